The largest absolute Gasteiger partial charge is 0.465 e. The van der Waals surface area contributed by atoms with Crippen LogP contribution < -0.4 is 5.73 Å². The highest BCUT2D eigenvalue weighted by Gasteiger charge is 2.31. The molecule has 3 heteroatoms. The number of hydrogen-bond acceptors (Lipinski definition) is 3. The minimum atomic E-state index is -0.625. The van der Waals surface area contributed by atoms with Crippen LogP contribution in [0.15, 0.2) is 24.3 Å². The van der Waals surface area contributed by atoms with Gasteiger partial charge < -0.3 is 10.5 Å². The monoisotopic (exact) mass is 249 g/mol. The van der Waals surface area contributed by atoms with E-state index in [0.717, 1.165) is 24.8 Å². The zero-order valence-corrected chi connectivity index (χ0v) is 11.5. The Labute approximate surface area is 109 Å². The van der Waals surface area contributed by atoms with Crippen LogP contribution in [0.4, 0.5) is 5.69 Å². The summed E-state index contributed by atoms with van der Waals surface area (Å²) in [6, 6.07) is 7.37. The maximum absolute atomic E-state index is 12.1. The van der Waals surface area contributed by atoms with Crippen molar-refractivity contribution in [1.29, 1.82) is 0 Å². The zero-order chi connectivity index (χ0) is 13.6. The number of unbranched alkanes of at least 4 members (excludes halogenated alkanes) is 2. The maximum Gasteiger partial charge on any atom is 0.315 e. The number of anilines is 1. The Bertz CT molecular complexity index is 382. The van der Waals surface area contributed by atoms with Crippen LogP contribution in [0.25, 0.3) is 0 Å². The molecule has 1 aromatic rings. The Morgan fingerprint density at radius 2 is 1.83 bits per heavy atom. The lowest BCUT2D eigenvalue weighted by Crippen LogP contribution is -2.31. The van der Waals surface area contributed by atoms with Crippen molar-refractivity contribution in [2.45, 2.75) is 45.4 Å². The number of esters is 1. The first-order valence-corrected chi connectivity index (χ1v) is 6.51. The first-order valence-electron chi connectivity index (χ1n) is 6.51. The van der Waals surface area contributed by atoms with Gasteiger partial charge in [0.15, 0.2) is 0 Å². The van der Waals surface area contributed by atoms with Gasteiger partial charge in [-0.1, -0.05) is 31.9 Å². The lowest BCUT2D eigenvalue weighted by Gasteiger charge is -2.23. The third-order valence-corrected chi connectivity index (χ3v) is 3.12. The fourth-order valence-corrected chi connectivity index (χ4v) is 1.71. The average Bonchev–Trinajstić information content (AvgIpc) is 2.35. The lowest BCUT2D eigenvalue weighted by molar-refractivity contribution is -0.149. The molecule has 0 amide bonds. The van der Waals surface area contributed by atoms with Crippen molar-refractivity contribution in [2.24, 2.45) is 0 Å². The molecule has 18 heavy (non-hydrogen) atoms. The summed E-state index contributed by atoms with van der Waals surface area (Å²) in [7, 11) is 0. The second kappa shape index (κ2) is 6.43. The highest BCUT2D eigenvalue weighted by molar-refractivity contribution is 5.82. The van der Waals surface area contributed by atoms with Gasteiger partial charge in [0.05, 0.1) is 12.0 Å². The van der Waals surface area contributed by atoms with Crippen molar-refractivity contribution in [2.75, 3.05) is 12.3 Å². The van der Waals surface area contributed by atoms with Crippen LogP contribution in [0, 0.1) is 0 Å². The molecular formula is C15H23NO2. The number of carbonyl (C=O) groups is 1. The van der Waals surface area contributed by atoms with Gasteiger partial charge in [-0.05, 0) is 38.0 Å². The molecular weight excluding hydrogens is 226 g/mol. The number of ether oxygens (including phenoxy) is 1. The lowest BCUT2D eigenvalue weighted by atomic mass is 9.85. The molecule has 0 heterocycles. The Hall–Kier alpha value is -1.51. The van der Waals surface area contributed by atoms with E-state index in [-0.39, 0.29) is 5.97 Å². The smallest absolute Gasteiger partial charge is 0.315 e. The Morgan fingerprint density at radius 1 is 1.22 bits per heavy atom. The van der Waals surface area contributed by atoms with Crippen LogP contribution in [-0.2, 0) is 14.9 Å². The molecule has 0 aliphatic rings. The number of carbonyl (C=O) groups excluding carboxylic acids is 1. The zero-order valence-electron chi connectivity index (χ0n) is 11.5. The molecule has 0 saturated carbocycles. The highest BCUT2D eigenvalue weighted by Crippen LogP contribution is 2.25. The van der Waals surface area contributed by atoms with Crippen LogP contribution >= 0.6 is 0 Å². The van der Waals surface area contributed by atoms with E-state index in [9.17, 15) is 4.79 Å². The first kappa shape index (κ1) is 14.6. The molecule has 0 atom stereocenters. The van der Waals surface area contributed by atoms with Crippen molar-refractivity contribution in [1.82, 2.24) is 0 Å². The summed E-state index contributed by atoms with van der Waals surface area (Å²) < 4.78 is 5.32. The van der Waals surface area contributed by atoms with E-state index < -0.39 is 5.41 Å². The fraction of sp³-hybridized carbons (Fsp3) is 0.533. The molecule has 0 bridgehead atoms. The number of nitrogen functional groups attached to an aromatic ring is 1. The summed E-state index contributed by atoms with van der Waals surface area (Å²) in [6.45, 7) is 6.38. The Morgan fingerprint density at radius 3 is 2.39 bits per heavy atom. The highest BCUT2D eigenvalue weighted by atomic mass is 16.5. The van der Waals surface area contributed by atoms with Gasteiger partial charge >= 0.3 is 5.97 Å². The number of nitrogens with two attached hydrogens (primary N) is 1. The van der Waals surface area contributed by atoms with Gasteiger partial charge in [-0.2, -0.15) is 0 Å². The van der Waals surface area contributed by atoms with Gasteiger partial charge in [-0.15, -0.1) is 0 Å². The van der Waals surface area contributed by atoms with Gasteiger partial charge in [-0.3, -0.25) is 4.79 Å². The number of benzene rings is 1. The molecule has 0 aliphatic carbocycles. The molecule has 100 valence electrons. The average molecular weight is 249 g/mol. The molecule has 3 nitrogen and oxygen atoms in total. The van der Waals surface area contributed by atoms with E-state index in [4.69, 9.17) is 10.5 Å². The molecule has 1 rings (SSSR count). The summed E-state index contributed by atoms with van der Waals surface area (Å²) in [4.78, 5) is 12.1. The normalized spacial score (nSPS) is 11.3. The molecule has 0 fully saturated rings. The Balaban J connectivity index is 2.61. The predicted molar refractivity (Wildman–Crippen MR) is 74.4 cm³/mol. The number of rotatable bonds is 6. The summed E-state index contributed by atoms with van der Waals surface area (Å²) >= 11 is 0. The second-order valence-electron chi connectivity index (χ2n) is 5.09. The van der Waals surface area contributed by atoms with Crippen molar-refractivity contribution in [3.63, 3.8) is 0 Å². The molecule has 0 spiro atoms. The number of hydrogen-bond donors (Lipinski definition) is 1. The van der Waals surface area contributed by atoms with Crippen LogP contribution in [-0.4, -0.2) is 12.6 Å². The van der Waals surface area contributed by atoms with Crippen LogP contribution in [0.3, 0.4) is 0 Å². The van der Waals surface area contributed by atoms with Crippen molar-refractivity contribution in [3.8, 4) is 0 Å². The van der Waals surface area contributed by atoms with Crippen LogP contribution in [0.1, 0.15) is 45.6 Å². The van der Waals surface area contributed by atoms with Crippen molar-refractivity contribution < 1.29 is 9.53 Å². The maximum atomic E-state index is 12.1. The molecule has 2 N–H and O–H groups in total. The molecule has 0 radical (unpaired) electrons. The van der Waals surface area contributed by atoms with E-state index in [0.29, 0.717) is 12.3 Å². The quantitative estimate of drug-likeness (QED) is 0.478. The van der Waals surface area contributed by atoms with Crippen molar-refractivity contribution >= 4 is 11.7 Å². The first-order chi connectivity index (χ1) is 8.48. The summed E-state index contributed by atoms with van der Waals surface area (Å²) in [5.41, 5.74) is 6.65. The Kier molecular flexibility index (Phi) is 5.20. The molecule has 0 aromatic heterocycles. The fourth-order valence-electron chi connectivity index (χ4n) is 1.71. The van der Waals surface area contributed by atoms with Crippen molar-refractivity contribution in [3.05, 3.63) is 29.8 Å². The third kappa shape index (κ3) is 3.76. The predicted octanol–water partition coefficient (Wildman–Crippen LogP) is 3.28. The van der Waals surface area contributed by atoms with E-state index >= 15 is 0 Å². The van der Waals surface area contributed by atoms with Gasteiger partial charge in [-0.25, -0.2) is 0 Å². The minimum absolute atomic E-state index is 0.177. The molecule has 0 aliphatic heterocycles. The van der Waals surface area contributed by atoms with Gasteiger partial charge in [0.1, 0.15) is 0 Å². The molecule has 0 saturated heterocycles. The second-order valence-corrected chi connectivity index (χ2v) is 5.09. The summed E-state index contributed by atoms with van der Waals surface area (Å²) in [6.07, 6.45) is 3.15. The molecule has 1 aromatic carbocycles. The van der Waals surface area contributed by atoms with Crippen LogP contribution in [0.5, 0.6) is 0 Å². The van der Waals surface area contributed by atoms with Gasteiger partial charge in [0.25, 0.3) is 0 Å². The van der Waals surface area contributed by atoms with Crippen LogP contribution in [0.2, 0.25) is 0 Å². The van der Waals surface area contributed by atoms with Gasteiger partial charge in [0, 0.05) is 5.69 Å². The standard InChI is InChI=1S/C15H23NO2/c1-4-5-6-11-18-14(17)15(2,3)12-7-9-13(16)10-8-12/h7-10H,4-6,11,16H2,1-3H3. The van der Waals surface area contributed by atoms with E-state index in [1.165, 1.54) is 0 Å². The van der Waals surface area contributed by atoms with E-state index in [1.807, 2.05) is 26.0 Å². The minimum Gasteiger partial charge on any atom is -0.465 e. The van der Waals surface area contributed by atoms with Gasteiger partial charge in [0.2, 0.25) is 0 Å². The van der Waals surface area contributed by atoms with E-state index in [2.05, 4.69) is 6.92 Å². The summed E-state index contributed by atoms with van der Waals surface area (Å²) in [5.74, 6) is -0.177. The SMILES string of the molecule is CCCCCOC(=O)C(C)(C)c1ccc(N)cc1. The third-order valence-electron chi connectivity index (χ3n) is 3.12. The van der Waals surface area contributed by atoms with E-state index in [1.54, 1.807) is 12.1 Å². The summed E-state index contributed by atoms with van der Waals surface area (Å²) in [5, 5.41) is 0. The topological polar surface area (TPSA) is 52.3 Å². The molecule has 0 unspecified atom stereocenters.